The summed E-state index contributed by atoms with van der Waals surface area (Å²) in [5, 5.41) is 3.37. The number of hydrogen-bond donors (Lipinski definition) is 3. The summed E-state index contributed by atoms with van der Waals surface area (Å²) in [5.74, 6) is 0. The van der Waals surface area contributed by atoms with Gasteiger partial charge in [0.15, 0.2) is 0 Å². The van der Waals surface area contributed by atoms with Gasteiger partial charge >= 0.3 is 0 Å². The van der Waals surface area contributed by atoms with Gasteiger partial charge in [-0.05, 0) is 38.5 Å². The van der Waals surface area contributed by atoms with E-state index in [0.717, 1.165) is 12.1 Å². The molecule has 0 aromatic heterocycles. The maximum atomic E-state index is 10.5. The van der Waals surface area contributed by atoms with Crippen LogP contribution in [0, 0.1) is 0 Å². The fraction of sp³-hybridized carbons (Fsp3) is 0.455. The average molecular weight is 242 g/mol. The molecule has 0 spiro atoms. The second-order valence-electron chi connectivity index (χ2n) is 4.65. The third-order valence-electron chi connectivity index (χ3n) is 1.98. The molecule has 90 valence electrons. The molecule has 1 rings (SSSR count). The Morgan fingerprint density at radius 1 is 1.25 bits per heavy atom. The highest BCUT2D eigenvalue weighted by molar-refractivity contribution is 7.80. The molecule has 16 heavy (non-hydrogen) atoms. The van der Waals surface area contributed by atoms with E-state index in [9.17, 15) is 4.21 Å². The molecule has 1 aromatic rings. The van der Waals surface area contributed by atoms with E-state index in [4.69, 9.17) is 4.55 Å². The van der Waals surface area contributed by atoms with Gasteiger partial charge in [-0.3, -0.25) is 9.27 Å². The Labute approximate surface area is 98.9 Å². The third kappa shape index (κ3) is 5.25. The minimum atomic E-state index is -2.01. The molecular formula is C11H18N2O2S. The van der Waals surface area contributed by atoms with Crippen molar-refractivity contribution < 1.29 is 8.76 Å². The number of rotatable bonds is 4. The zero-order valence-electron chi connectivity index (χ0n) is 9.78. The van der Waals surface area contributed by atoms with Crippen molar-refractivity contribution in [1.82, 2.24) is 5.32 Å². The summed E-state index contributed by atoms with van der Waals surface area (Å²) in [6.07, 6.45) is 0. The van der Waals surface area contributed by atoms with Crippen molar-refractivity contribution in [3.8, 4) is 0 Å². The molecule has 0 saturated carbocycles. The summed E-state index contributed by atoms with van der Waals surface area (Å²) in [6.45, 7) is 7.11. The molecule has 0 saturated heterocycles. The van der Waals surface area contributed by atoms with E-state index in [1.807, 2.05) is 12.1 Å². The highest BCUT2D eigenvalue weighted by Gasteiger charge is 2.07. The summed E-state index contributed by atoms with van der Waals surface area (Å²) in [6, 6.07) is 7.42. The Morgan fingerprint density at radius 2 is 1.81 bits per heavy atom. The summed E-state index contributed by atoms with van der Waals surface area (Å²) in [4.78, 5) is 0. The lowest BCUT2D eigenvalue weighted by atomic mass is 10.1. The lowest BCUT2D eigenvalue weighted by molar-refractivity contribution is 0.424. The first-order chi connectivity index (χ1) is 7.37. The Bertz CT molecular complexity index is 357. The van der Waals surface area contributed by atoms with Crippen molar-refractivity contribution in [1.29, 1.82) is 0 Å². The van der Waals surface area contributed by atoms with E-state index in [1.165, 1.54) is 0 Å². The van der Waals surface area contributed by atoms with Crippen molar-refractivity contribution in [2.75, 3.05) is 4.72 Å². The Balaban J connectivity index is 2.55. The predicted octanol–water partition coefficient (Wildman–Crippen LogP) is 2.12. The molecule has 0 aliphatic heterocycles. The monoisotopic (exact) mass is 242 g/mol. The van der Waals surface area contributed by atoms with E-state index in [2.05, 4.69) is 30.8 Å². The van der Waals surface area contributed by atoms with Crippen molar-refractivity contribution in [2.45, 2.75) is 32.9 Å². The molecule has 0 aliphatic carbocycles. The molecule has 0 amide bonds. The normalized spacial score (nSPS) is 13.5. The third-order valence-corrected chi connectivity index (χ3v) is 2.39. The lowest BCUT2D eigenvalue weighted by Crippen LogP contribution is -2.35. The fourth-order valence-corrected chi connectivity index (χ4v) is 1.50. The van der Waals surface area contributed by atoms with E-state index >= 15 is 0 Å². The molecule has 1 aromatic carbocycles. The van der Waals surface area contributed by atoms with Crippen LogP contribution in [0.3, 0.4) is 0 Å². The molecule has 1 unspecified atom stereocenters. The Kier molecular flexibility index (Phi) is 4.46. The van der Waals surface area contributed by atoms with Crippen LogP contribution in [0.4, 0.5) is 5.69 Å². The standard InChI is InChI=1S/C11H18N2O2S/c1-11(2,3)12-8-9-4-6-10(7-5-9)13-16(14)15/h4-7,12-13H,8H2,1-3H3,(H,14,15). The molecule has 0 aliphatic rings. The number of nitrogens with one attached hydrogen (secondary N) is 2. The predicted molar refractivity (Wildman–Crippen MR) is 67.4 cm³/mol. The number of hydrogen-bond acceptors (Lipinski definition) is 2. The van der Waals surface area contributed by atoms with E-state index in [1.54, 1.807) is 12.1 Å². The molecular weight excluding hydrogens is 224 g/mol. The van der Waals surface area contributed by atoms with Gasteiger partial charge in [0.25, 0.3) is 11.3 Å². The highest BCUT2D eigenvalue weighted by Crippen LogP contribution is 2.10. The fourth-order valence-electron chi connectivity index (χ4n) is 1.16. The van der Waals surface area contributed by atoms with Gasteiger partial charge in [-0.1, -0.05) is 12.1 Å². The summed E-state index contributed by atoms with van der Waals surface area (Å²) >= 11 is -2.01. The van der Waals surface area contributed by atoms with Crippen molar-refractivity contribution in [3.05, 3.63) is 29.8 Å². The molecule has 0 bridgehead atoms. The Hall–Kier alpha value is -0.910. The maximum Gasteiger partial charge on any atom is 0.259 e. The minimum Gasteiger partial charge on any atom is -0.308 e. The first-order valence-corrected chi connectivity index (χ1v) is 6.19. The zero-order valence-corrected chi connectivity index (χ0v) is 10.6. The second kappa shape index (κ2) is 5.43. The minimum absolute atomic E-state index is 0.0868. The molecule has 3 N–H and O–H groups in total. The second-order valence-corrected chi connectivity index (χ2v) is 5.35. The maximum absolute atomic E-state index is 10.5. The molecule has 4 nitrogen and oxygen atoms in total. The van der Waals surface area contributed by atoms with Gasteiger partial charge in [0.1, 0.15) is 0 Å². The van der Waals surface area contributed by atoms with Crippen molar-refractivity contribution in [2.24, 2.45) is 0 Å². The number of benzene rings is 1. The van der Waals surface area contributed by atoms with Crippen LogP contribution in [0.1, 0.15) is 26.3 Å². The zero-order chi connectivity index (χ0) is 12.2. The van der Waals surface area contributed by atoms with Crippen molar-refractivity contribution >= 4 is 17.0 Å². The first kappa shape index (κ1) is 13.2. The summed E-state index contributed by atoms with van der Waals surface area (Å²) in [5.41, 5.74) is 1.87. The smallest absolute Gasteiger partial charge is 0.259 e. The van der Waals surface area contributed by atoms with Gasteiger partial charge in [0.05, 0.1) is 0 Å². The molecule has 1 atom stereocenters. The average Bonchev–Trinajstić information content (AvgIpc) is 2.14. The van der Waals surface area contributed by atoms with Crippen LogP contribution in [0.25, 0.3) is 0 Å². The topological polar surface area (TPSA) is 61.4 Å². The van der Waals surface area contributed by atoms with Crippen LogP contribution >= 0.6 is 0 Å². The number of anilines is 1. The van der Waals surface area contributed by atoms with Crippen LogP contribution in [0.5, 0.6) is 0 Å². The lowest BCUT2D eigenvalue weighted by Gasteiger charge is -2.20. The van der Waals surface area contributed by atoms with Crippen LogP contribution in [0.2, 0.25) is 0 Å². The van der Waals surface area contributed by atoms with Crippen LogP contribution in [-0.2, 0) is 17.8 Å². The molecule has 0 heterocycles. The van der Waals surface area contributed by atoms with Crippen molar-refractivity contribution in [3.63, 3.8) is 0 Å². The van der Waals surface area contributed by atoms with Gasteiger partial charge < -0.3 is 5.32 Å². The quantitative estimate of drug-likeness (QED) is 0.709. The van der Waals surface area contributed by atoms with E-state index in [-0.39, 0.29) is 5.54 Å². The van der Waals surface area contributed by atoms with E-state index < -0.39 is 11.3 Å². The van der Waals surface area contributed by atoms with Crippen LogP contribution in [-0.4, -0.2) is 14.3 Å². The van der Waals surface area contributed by atoms with Gasteiger partial charge in [-0.15, -0.1) is 0 Å². The van der Waals surface area contributed by atoms with Crippen LogP contribution < -0.4 is 10.0 Å². The summed E-state index contributed by atoms with van der Waals surface area (Å²) in [7, 11) is 0. The first-order valence-electron chi connectivity index (χ1n) is 5.08. The van der Waals surface area contributed by atoms with E-state index in [0.29, 0.717) is 5.69 Å². The molecule has 0 fully saturated rings. The van der Waals surface area contributed by atoms with Gasteiger partial charge in [0.2, 0.25) is 0 Å². The highest BCUT2D eigenvalue weighted by atomic mass is 32.2. The van der Waals surface area contributed by atoms with Gasteiger partial charge in [-0.25, -0.2) is 4.21 Å². The summed E-state index contributed by atoms with van der Waals surface area (Å²) < 4.78 is 21.5. The SMILES string of the molecule is CC(C)(C)NCc1ccc(NS(=O)O)cc1. The van der Waals surface area contributed by atoms with Gasteiger partial charge in [-0.2, -0.15) is 0 Å². The largest absolute Gasteiger partial charge is 0.308 e. The molecule has 5 heteroatoms. The van der Waals surface area contributed by atoms with Gasteiger partial charge in [0, 0.05) is 17.8 Å². The molecule has 0 radical (unpaired) electrons. The van der Waals surface area contributed by atoms with Crippen LogP contribution in [0.15, 0.2) is 24.3 Å². The Morgan fingerprint density at radius 3 is 2.25 bits per heavy atom.